The van der Waals surface area contributed by atoms with E-state index in [1.165, 1.54) is 5.56 Å². The summed E-state index contributed by atoms with van der Waals surface area (Å²) in [4.78, 5) is 0. The first-order chi connectivity index (χ1) is 6.74. The molecule has 0 bridgehead atoms. The van der Waals surface area contributed by atoms with Gasteiger partial charge in [-0.3, -0.25) is 0 Å². The Labute approximate surface area is 85.6 Å². The van der Waals surface area contributed by atoms with Crippen molar-refractivity contribution in [3.63, 3.8) is 0 Å². The van der Waals surface area contributed by atoms with E-state index in [1.54, 1.807) is 7.11 Å². The summed E-state index contributed by atoms with van der Waals surface area (Å²) in [6.07, 6.45) is 0. The Bertz CT molecular complexity index is 307. The highest BCUT2D eigenvalue weighted by atomic mass is 16.5. The fourth-order valence-corrected chi connectivity index (χ4v) is 1.22. The molecular weight excluding hydrogens is 174 g/mol. The number of methoxy groups -OCH3 is 1. The Hall–Kier alpha value is -1.28. The topological polar surface area (TPSA) is 21.3 Å². The zero-order valence-corrected chi connectivity index (χ0v) is 8.84. The summed E-state index contributed by atoms with van der Waals surface area (Å²) in [6, 6.07) is 8.14. The lowest BCUT2D eigenvalue weighted by molar-refractivity contribution is 0.185. The molecule has 0 saturated heterocycles. The minimum absolute atomic E-state index is 0.638. The van der Waals surface area contributed by atoms with Crippen molar-refractivity contribution in [3.05, 3.63) is 42.0 Å². The van der Waals surface area contributed by atoms with Gasteiger partial charge in [-0.25, -0.2) is 0 Å². The lowest BCUT2D eigenvalue weighted by Gasteiger charge is -2.10. The van der Waals surface area contributed by atoms with Gasteiger partial charge in [0.1, 0.15) is 0 Å². The van der Waals surface area contributed by atoms with Gasteiger partial charge in [0.05, 0.1) is 6.61 Å². The average Bonchev–Trinajstić information content (AvgIpc) is 2.17. The molecule has 0 unspecified atom stereocenters. The molecule has 76 valence electrons. The standard InChI is InChI=1S/C12H17NO/c1-10(2)8-13-12-7-5-4-6-11(12)9-14-3/h4-7,13H,1,8-9H2,2-3H3. The molecule has 14 heavy (non-hydrogen) atoms. The number of nitrogens with one attached hydrogen (secondary N) is 1. The van der Waals surface area contributed by atoms with E-state index in [4.69, 9.17) is 4.74 Å². The molecule has 0 fully saturated rings. The number of rotatable bonds is 5. The number of anilines is 1. The maximum Gasteiger partial charge on any atom is 0.0733 e. The van der Waals surface area contributed by atoms with Crippen LogP contribution in [-0.4, -0.2) is 13.7 Å². The van der Waals surface area contributed by atoms with Crippen LogP contribution in [0.2, 0.25) is 0 Å². The zero-order valence-electron chi connectivity index (χ0n) is 8.84. The summed E-state index contributed by atoms with van der Waals surface area (Å²) in [5, 5.41) is 3.32. The molecule has 2 nitrogen and oxygen atoms in total. The second-order valence-electron chi connectivity index (χ2n) is 3.40. The van der Waals surface area contributed by atoms with Crippen LogP contribution in [0.4, 0.5) is 5.69 Å². The highest BCUT2D eigenvalue weighted by molar-refractivity contribution is 5.51. The van der Waals surface area contributed by atoms with E-state index in [9.17, 15) is 0 Å². The minimum atomic E-state index is 0.638. The summed E-state index contributed by atoms with van der Waals surface area (Å²) in [5.41, 5.74) is 3.42. The molecule has 1 aromatic rings. The van der Waals surface area contributed by atoms with Crippen molar-refractivity contribution < 1.29 is 4.74 Å². The predicted molar refractivity (Wildman–Crippen MR) is 60.5 cm³/mol. The number of benzene rings is 1. The molecule has 0 aromatic heterocycles. The van der Waals surface area contributed by atoms with Gasteiger partial charge in [0.2, 0.25) is 0 Å². The first kappa shape index (κ1) is 10.8. The fourth-order valence-electron chi connectivity index (χ4n) is 1.22. The van der Waals surface area contributed by atoms with Gasteiger partial charge in [0, 0.05) is 24.9 Å². The van der Waals surface area contributed by atoms with Crippen molar-refractivity contribution in [1.82, 2.24) is 0 Å². The van der Waals surface area contributed by atoms with Crippen molar-refractivity contribution in [2.24, 2.45) is 0 Å². The second-order valence-corrected chi connectivity index (χ2v) is 3.40. The molecule has 1 aromatic carbocycles. The lowest BCUT2D eigenvalue weighted by atomic mass is 10.2. The van der Waals surface area contributed by atoms with E-state index in [2.05, 4.69) is 24.0 Å². The largest absolute Gasteiger partial charge is 0.381 e. The molecule has 1 rings (SSSR count). The van der Waals surface area contributed by atoms with Crippen LogP contribution in [0.5, 0.6) is 0 Å². The van der Waals surface area contributed by atoms with Crippen LogP contribution in [0.3, 0.4) is 0 Å². The van der Waals surface area contributed by atoms with Crippen molar-refractivity contribution in [2.75, 3.05) is 19.0 Å². The Morgan fingerprint density at radius 1 is 1.43 bits per heavy atom. The smallest absolute Gasteiger partial charge is 0.0733 e. The fraction of sp³-hybridized carbons (Fsp3) is 0.333. The Morgan fingerprint density at radius 2 is 2.14 bits per heavy atom. The number of hydrogen-bond donors (Lipinski definition) is 1. The van der Waals surface area contributed by atoms with Crippen LogP contribution >= 0.6 is 0 Å². The molecule has 0 aliphatic heterocycles. The van der Waals surface area contributed by atoms with Gasteiger partial charge in [-0.05, 0) is 13.0 Å². The van der Waals surface area contributed by atoms with Gasteiger partial charge >= 0.3 is 0 Å². The second kappa shape index (κ2) is 5.45. The number of para-hydroxylation sites is 1. The molecule has 0 amide bonds. The lowest BCUT2D eigenvalue weighted by Crippen LogP contribution is -2.04. The van der Waals surface area contributed by atoms with Crippen LogP contribution in [-0.2, 0) is 11.3 Å². The molecule has 0 heterocycles. The first-order valence-corrected chi connectivity index (χ1v) is 4.69. The third kappa shape index (κ3) is 3.23. The van der Waals surface area contributed by atoms with Gasteiger partial charge < -0.3 is 10.1 Å². The van der Waals surface area contributed by atoms with Crippen LogP contribution < -0.4 is 5.32 Å². The molecule has 0 aliphatic carbocycles. The highest BCUT2D eigenvalue weighted by Crippen LogP contribution is 2.15. The zero-order chi connectivity index (χ0) is 10.4. The quantitative estimate of drug-likeness (QED) is 0.722. The van der Waals surface area contributed by atoms with Gasteiger partial charge in [-0.15, -0.1) is 0 Å². The molecule has 0 spiro atoms. The van der Waals surface area contributed by atoms with E-state index in [0.29, 0.717) is 6.61 Å². The Kier molecular flexibility index (Phi) is 4.20. The third-order valence-corrected chi connectivity index (χ3v) is 1.90. The van der Waals surface area contributed by atoms with Crippen molar-refractivity contribution >= 4 is 5.69 Å². The molecule has 0 radical (unpaired) electrons. The molecule has 1 N–H and O–H groups in total. The predicted octanol–water partition coefficient (Wildman–Crippen LogP) is 2.82. The number of hydrogen-bond acceptors (Lipinski definition) is 2. The Balaban J connectivity index is 2.68. The molecule has 0 atom stereocenters. The van der Waals surface area contributed by atoms with Crippen LogP contribution in [0, 0.1) is 0 Å². The summed E-state index contributed by atoms with van der Waals surface area (Å²) < 4.78 is 5.11. The van der Waals surface area contributed by atoms with E-state index in [0.717, 1.165) is 17.8 Å². The molecule has 0 saturated carbocycles. The highest BCUT2D eigenvalue weighted by Gasteiger charge is 1.99. The molecular formula is C12H17NO. The molecule has 2 heteroatoms. The summed E-state index contributed by atoms with van der Waals surface area (Å²) in [5.74, 6) is 0. The van der Waals surface area contributed by atoms with Crippen molar-refractivity contribution in [3.8, 4) is 0 Å². The van der Waals surface area contributed by atoms with Crippen LogP contribution in [0.1, 0.15) is 12.5 Å². The van der Waals surface area contributed by atoms with Gasteiger partial charge in [-0.2, -0.15) is 0 Å². The third-order valence-electron chi connectivity index (χ3n) is 1.90. The van der Waals surface area contributed by atoms with Crippen LogP contribution in [0.25, 0.3) is 0 Å². The summed E-state index contributed by atoms with van der Waals surface area (Å²) in [6.45, 7) is 7.30. The van der Waals surface area contributed by atoms with Gasteiger partial charge in [0.15, 0.2) is 0 Å². The number of ether oxygens (including phenoxy) is 1. The van der Waals surface area contributed by atoms with E-state index >= 15 is 0 Å². The minimum Gasteiger partial charge on any atom is -0.381 e. The van der Waals surface area contributed by atoms with E-state index in [-0.39, 0.29) is 0 Å². The van der Waals surface area contributed by atoms with Gasteiger partial charge in [-0.1, -0.05) is 30.4 Å². The average molecular weight is 191 g/mol. The molecule has 0 aliphatic rings. The van der Waals surface area contributed by atoms with Crippen LogP contribution in [0.15, 0.2) is 36.4 Å². The monoisotopic (exact) mass is 191 g/mol. The van der Waals surface area contributed by atoms with E-state index in [1.807, 2.05) is 19.1 Å². The summed E-state index contributed by atoms with van der Waals surface area (Å²) >= 11 is 0. The van der Waals surface area contributed by atoms with Crippen molar-refractivity contribution in [1.29, 1.82) is 0 Å². The SMILES string of the molecule is C=C(C)CNc1ccccc1COC. The maximum absolute atomic E-state index is 5.11. The van der Waals surface area contributed by atoms with Crippen molar-refractivity contribution in [2.45, 2.75) is 13.5 Å². The summed E-state index contributed by atoms with van der Waals surface area (Å²) in [7, 11) is 1.70. The first-order valence-electron chi connectivity index (χ1n) is 4.69. The Morgan fingerprint density at radius 3 is 2.79 bits per heavy atom. The van der Waals surface area contributed by atoms with E-state index < -0.39 is 0 Å². The maximum atomic E-state index is 5.11. The normalized spacial score (nSPS) is 9.86. The van der Waals surface area contributed by atoms with Gasteiger partial charge in [0.25, 0.3) is 0 Å².